The smallest absolute Gasteiger partial charge is 0.406 e. The van der Waals surface area contributed by atoms with Crippen LogP contribution in [0.15, 0.2) is 11.7 Å². The van der Waals surface area contributed by atoms with Crippen LogP contribution in [0.25, 0.3) is 0 Å². The van der Waals surface area contributed by atoms with Crippen molar-refractivity contribution in [3.05, 3.63) is 32.5 Å². The average molecular weight is 297 g/mol. The van der Waals surface area contributed by atoms with Crippen LogP contribution in [-0.4, -0.2) is 30.5 Å². The number of thiazole rings is 1. The Balaban J connectivity index is 2.23. The standard InChI is InChI=1S/C10H11N5O4S/c1-5(9-13-6(3-20-9)10(16)17)12-8-7(15(18)19)11-4-14(8)2/h3-5,12H,1-2H3,(H,16,17). The number of nitrogens with zero attached hydrogens (tertiary/aromatic N) is 4. The van der Waals surface area contributed by atoms with Crippen molar-refractivity contribution in [2.24, 2.45) is 7.05 Å². The highest BCUT2D eigenvalue weighted by Crippen LogP contribution is 2.27. The van der Waals surface area contributed by atoms with Crippen LogP contribution in [0, 0.1) is 10.1 Å². The summed E-state index contributed by atoms with van der Waals surface area (Å²) in [5, 5.41) is 24.5. The van der Waals surface area contributed by atoms with E-state index in [0.717, 1.165) is 0 Å². The molecular formula is C10H11N5O4S. The van der Waals surface area contributed by atoms with Crippen molar-refractivity contribution < 1.29 is 14.8 Å². The first-order chi connectivity index (χ1) is 9.40. The highest BCUT2D eigenvalue weighted by Gasteiger charge is 2.23. The molecule has 0 saturated carbocycles. The van der Waals surface area contributed by atoms with Gasteiger partial charge in [0, 0.05) is 12.4 Å². The number of rotatable bonds is 5. The second-order valence-electron chi connectivity index (χ2n) is 4.03. The van der Waals surface area contributed by atoms with E-state index in [-0.39, 0.29) is 23.4 Å². The first kappa shape index (κ1) is 13.9. The normalized spacial score (nSPS) is 12.1. The molecule has 0 aliphatic rings. The Kier molecular flexibility index (Phi) is 3.66. The molecule has 0 bridgehead atoms. The van der Waals surface area contributed by atoms with Crippen molar-refractivity contribution in [3.8, 4) is 0 Å². The zero-order valence-corrected chi connectivity index (χ0v) is 11.4. The molecule has 0 aliphatic heterocycles. The summed E-state index contributed by atoms with van der Waals surface area (Å²) in [4.78, 5) is 28.7. The summed E-state index contributed by atoms with van der Waals surface area (Å²) in [6.45, 7) is 1.74. The van der Waals surface area contributed by atoms with E-state index in [4.69, 9.17) is 5.11 Å². The molecule has 20 heavy (non-hydrogen) atoms. The number of imidazole rings is 1. The summed E-state index contributed by atoms with van der Waals surface area (Å²) < 4.78 is 1.49. The van der Waals surface area contributed by atoms with Gasteiger partial charge in [-0.2, -0.15) is 0 Å². The minimum atomic E-state index is -1.11. The largest absolute Gasteiger partial charge is 0.476 e. The lowest BCUT2D eigenvalue weighted by Crippen LogP contribution is -2.11. The molecule has 0 spiro atoms. The summed E-state index contributed by atoms with van der Waals surface area (Å²) in [5.41, 5.74) is -0.0434. The molecule has 2 aromatic rings. The number of anilines is 1. The van der Waals surface area contributed by atoms with E-state index in [0.29, 0.717) is 5.01 Å². The van der Waals surface area contributed by atoms with E-state index < -0.39 is 10.9 Å². The molecule has 2 heterocycles. The number of hydrogen-bond donors (Lipinski definition) is 2. The summed E-state index contributed by atoms with van der Waals surface area (Å²) in [5.74, 6) is -1.14. The Labute approximate surface area is 117 Å². The van der Waals surface area contributed by atoms with Gasteiger partial charge in [-0.1, -0.05) is 0 Å². The molecule has 0 saturated heterocycles. The molecule has 0 aliphatic carbocycles. The third-order valence-electron chi connectivity index (χ3n) is 2.56. The monoisotopic (exact) mass is 297 g/mol. The number of aromatic nitrogens is 3. The lowest BCUT2D eigenvalue weighted by molar-refractivity contribution is -0.388. The van der Waals surface area contributed by atoms with E-state index in [1.54, 1.807) is 14.0 Å². The number of aryl methyl sites for hydroxylation is 1. The molecule has 0 amide bonds. The molecule has 10 heteroatoms. The van der Waals surface area contributed by atoms with Crippen LogP contribution < -0.4 is 5.32 Å². The molecule has 106 valence electrons. The Morgan fingerprint density at radius 1 is 1.65 bits per heavy atom. The predicted molar refractivity (Wildman–Crippen MR) is 71.0 cm³/mol. The van der Waals surface area contributed by atoms with Gasteiger partial charge in [0.05, 0.1) is 6.04 Å². The lowest BCUT2D eigenvalue weighted by atomic mass is 10.3. The van der Waals surface area contributed by atoms with Crippen LogP contribution in [0.3, 0.4) is 0 Å². The Morgan fingerprint density at radius 2 is 2.35 bits per heavy atom. The number of carbonyl (C=O) groups is 1. The molecule has 1 unspecified atom stereocenters. The summed E-state index contributed by atoms with van der Waals surface area (Å²) >= 11 is 1.17. The number of carboxylic acid groups (broad SMARTS) is 1. The maximum atomic E-state index is 10.8. The van der Waals surface area contributed by atoms with Crippen molar-refractivity contribution in [2.45, 2.75) is 13.0 Å². The van der Waals surface area contributed by atoms with E-state index in [9.17, 15) is 14.9 Å². The van der Waals surface area contributed by atoms with E-state index in [2.05, 4.69) is 15.3 Å². The van der Waals surface area contributed by atoms with Gasteiger partial charge in [0.1, 0.15) is 5.01 Å². The van der Waals surface area contributed by atoms with Crippen molar-refractivity contribution in [1.29, 1.82) is 0 Å². The molecule has 2 rings (SSSR count). The molecule has 0 aromatic carbocycles. The van der Waals surface area contributed by atoms with Gasteiger partial charge in [-0.15, -0.1) is 11.3 Å². The number of aromatic carboxylic acids is 1. The maximum absolute atomic E-state index is 10.8. The molecule has 2 aromatic heterocycles. The predicted octanol–water partition coefficient (Wildman–Crippen LogP) is 1.66. The molecule has 1 atom stereocenters. The first-order valence-corrected chi connectivity index (χ1v) is 6.39. The number of carboxylic acids is 1. The Bertz CT molecular complexity index is 664. The van der Waals surface area contributed by atoms with Crippen LogP contribution >= 0.6 is 11.3 Å². The number of nitro groups is 1. The zero-order valence-electron chi connectivity index (χ0n) is 10.6. The minimum Gasteiger partial charge on any atom is -0.476 e. The van der Waals surface area contributed by atoms with Crippen molar-refractivity contribution >= 4 is 28.9 Å². The van der Waals surface area contributed by atoms with Crippen molar-refractivity contribution in [3.63, 3.8) is 0 Å². The van der Waals surface area contributed by atoms with Crippen LogP contribution in [0.2, 0.25) is 0 Å². The number of nitrogens with one attached hydrogen (secondary N) is 1. The Morgan fingerprint density at radius 3 is 2.90 bits per heavy atom. The lowest BCUT2D eigenvalue weighted by Gasteiger charge is -2.11. The molecule has 0 fully saturated rings. The van der Waals surface area contributed by atoms with E-state index in [1.807, 2.05) is 0 Å². The molecular weight excluding hydrogens is 286 g/mol. The topological polar surface area (TPSA) is 123 Å². The van der Waals surface area contributed by atoms with Gasteiger partial charge < -0.3 is 20.5 Å². The van der Waals surface area contributed by atoms with Crippen molar-refractivity contribution in [1.82, 2.24) is 14.5 Å². The quantitative estimate of drug-likeness (QED) is 0.635. The second-order valence-corrected chi connectivity index (χ2v) is 4.92. The average Bonchev–Trinajstić information content (AvgIpc) is 2.97. The van der Waals surface area contributed by atoms with Crippen LogP contribution in [0.1, 0.15) is 28.5 Å². The number of hydrogen-bond acceptors (Lipinski definition) is 7. The van der Waals surface area contributed by atoms with Crippen LogP contribution in [-0.2, 0) is 7.05 Å². The van der Waals surface area contributed by atoms with Gasteiger partial charge in [-0.3, -0.25) is 4.57 Å². The summed E-state index contributed by atoms with van der Waals surface area (Å²) in [6.07, 6.45) is 1.33. The summed E-state index contributed by atoms with van der Waals surface area (Å²) in [7, 11) is 1.62. The fraction of sp³-hybridized carbons (Fsp3) is 0.300. The first-order valence-electron chi connectivity index (χ1n) is 5.51. The highest BCUT2D eigenvalue weighted by molar-refractivity contribution is 7.09. The zero-order chi connectivity index (χ0) is 14.9. The third-order valence-corrected chi connectivity index (χ3v) is 3.58. The summed E-state index contributed by atoms with van der Waals surface area (Å²) in [6, 6.07) is -0.373. The highest BCUT2D eigenvalue weighted by atomic mass is 32.1. The molecule has 2 N–H and O–H groups in total. The van der Waals surface area contributed by atoms with E-state index in [1.165, 1.54) is 27.6 Å². The van der Waals surface area contributed by atoms with Gasteiger partial charge >= 0.3 is 11.8 Å². The second kappa shape index (κ2) is 5.25. The van der Waals surface area contributed by atoms with Crippen LogP contribution in [0.4, 0.5) is 11.6 Å². The minimum absolute atomic E-state index is 0.0434. The van der Waals surface area contributed by atoms with Gasteiger partial charge in [0.2, 0.25) is 12.1 Å². The van der Waals surface area contributed by atoms with Gasteiger partial charge in [0.25, 0.3) is 0 Å². The van der Waals surface area contributed by atoms with Crippen LogP contribution in [0.5, 0.6) is 0 Å². The van der Waals surface area contributed by atoms with Gasteiger partial charge in [-0.25, -0.2) is 9.78 Å². The molecule has 9 nitrogen and oxygen atoms in total. The van der Waals surface area contributed by atoms with E-state index >= 15 is 0 Å². The maximum Gasteiger partial charge on any atom is 0.406 e. The van der Waals surface area contributed by atoms with Gasteiger partial charge in [-0.05, 0) is 16.8 Å². The SMILES string of the molecule is CC(Nc1c([N+](=O)[O-])ncn1C)c1nc(C(=O)O)cs1. The fourth-order valence-corrected chi connectivity index (χ4v) is 2.37. The van der Waals surface area contributed by atoms with Gasteiger partial charge in [0.15, 0.2) is 5.69 Å². The van der Waals surface area contributed by atoms with Crippen molar-refractivity contribution in [2.75, 3.05) is 5.32 Å². The molecule has 0 radical (unpaired) electrons. The third kappa shape index (κ3) is 2.59. The fourth-order valence-electron chi connectivity index (χ4n) is 1.57. The Hall–Kier alpha value is -2.49.